The molecule has 0 saturated heterocycles. The molecule has 1 amide bonds. The third-order valence-corrected chi connectivity index (χ3v) is 5.70. The minimum atomic E-state index is -1.79. The zero-order valence-corrected chi connectivity index (χ0v) is 19.9. The van der Waals surface area contributed by atoms with Crippen LogP contribution in [-0.2, 0) is 9.53 Å². The average molecular weight is 531 g/mol. The fourth-order valence-corrected chi connectivity index (χ4v) is 3.85. The molecule has 0 aliphatic carbocycles. The minimum absolute atomic E-state index is 0.00891. The minimum Gasteiger partial charge on any atom is -0.452 e. The van der Waals surface area contributed by atoms with Gasteiger partial charge in [-0.2, -0.15) is 0 Å². The molecule has 39 heavy (non-hydrogen) atoms. The summed E-state index contributed by atoms with van der Waals surface area (Å²) in [6.07, 6.45) is 0. The van der Waals surface area contributed by atoms with Crippen LogP contribution in [0.25, 0.3) is 33.5 Å². The Kier molecular flexibility index (Phi) is 7.00. The Morgan fingerprint density at radius 3 is 1.79 bits per heavy atom. The van der Waals surface area contributed by atoms with Crippen molar-refractivity contribution in [1.82, 2.24) is 9.97 Å². The van der Waals surface area contributed by atoms with Gasteiger partial charge in [-0.15, -0.1) is 0 Å². The van der Waals surface area contributed by atoms with Gasteiger partial charge < -0.3 is 10.1 Å². The molecule has 4 aromatic carbocycles. The molecule has 10 heteroatoms. The highest BCUT2D eigenvalue weighted by Crippen LogP contribution is 2.31. The number of nitrogens with one attached hydrogen (secondary N) is 1. The number of halogens is 4. The second-order valence-electron chi connectivity index (χ2n) is 8.32. The SMILES string of the molecule is O=C(COC(=O)c1ccc2nc(-c3ccccc3)c(-c3ccccc3)nc2c1)Nc1c(F)c(F)cc(F)c1F. The van der Waals surface area contributed by atoms with E-state index in [-0.39, 0.29) is 11.6 Å². The first kappa shape index (κ1) is 25.5. The molecule has 0 fully saturated rings. The van der Waals surface area contributed by atoms with E-state index in [9.17, 15) is 27.2 Å². The van der Waals surface area contributed by atoms with Crippen LogP contribution in [0.2, 0.25) is 0 Å². The van der Waals surface area contributed by atoms with Gasteiger partial charge in [-0.05, 0) is 18.2 Å². The number of benzene rings is 4. The fraction of sp³-hybridized carbons (Fsp3) is 0.0345. The molecule has 1 heterocycles. The fourth-order valence-electron chi connectivity index (χ4n) is 3.85. The predicted octanol–water partition coefficient (Wildman–Crippen LogP) is 6.32. The van der Waals surface area contributed by atoms with Crippen molar-refractivity contribution in [2.45, 2.75) is 0 Å². The number of carbonyl (C=O) groups is 2. The number of nitrogens with zero attached hydrogens (tertiary/aromatic N) is 2. The van der Waals surface area contributed by atoms with Gasteiger partial charge in [0.05, 0.1) is 28.0 Å². The van der Waals surface area contributed by atoms with Gasteiger partial charge in [-0.3, -0.25) is 4.79 Å². The molecule has 0 spiro atoms. The molecule has 194 valence electrons. The number of amides is 1. The van der Waals surface area contributed by atoms with Crippen molar-refractivity contribution in [3.63, 3.8) is 0 Å². The molecule has 0 saturated carbocycles. The van der Waals surface area contributed by atoms with Crippen LogP contribution < -0.4 is 5.32 Å². The lowest BCUT2D eigenvalue weighted by atomic mass is 10.0. The van der Waals surface area contributed by atoms with Crippen molar-refractivity contribution in [1.29, 1.82) is 0 Å². The molecular weight excluding hydrogens is 514 g/mol. The van der Waals surface area contributed by atoms with Crippen LogP contribution in [0.15, 0.2) is 84.9 Å². The van der Waals surface area contributed by atoms with E-state index in [1.165, 1.54) is 12.1 Å². The first-order valence-corrected chi connectivity index (χ1v) is 11.5. The van der Waals surface area contributed by atoms with Crippen LogP contribution in [0.4, 0.5) is 23.2 Å². The molecule has 5 aromatic rings. The largest absolute Gasteiger partial charge is 0.452 e. The van der Waals surface area contributed by atoms with Gasteiger partial charge in [0.25, 0.3) is 5.91 Å². The van der Waals surface area contributed by atoms with E-state index in [4.69, 9.17) is 14.7 Å². The number of hydrogen-bond donors (Lipinski definition) is 1. The maximum atomic E-state index is 13.8. The topological polar surface area (TPSA) is 81.2 Å². The smallest absolute Gasteiger partial charge is 0.338 e. The van der Waals surface area contributed by atoms with Crippen LogP contribution in [0.1, 0.15) is 10.4 Å². The number of aromatic nitrogens is 2. The second-order valence-corrected chi connectivity index (χ2v) is 8.32. The summed E-state index contributed by atoms with van der Waals surface area (Å²) in [5, 5.41) is 1.68. The first-order chi connectivity index (χ1) is 18.8. The Bertz CT molecular complexity index is 1690. The molecule has 6 nitrogen and oxygen atoms in total. The number of rotatable bonds is 6. The molecule has 1 N–H and O–H groups in total. The van der Waals surface area contributed by atoms with E-state index >= 15 is 0 Å². The summed E-state index contributed by atoms with van der Waals surface area (Å²) in [6.45, 7) is -0.970. The van der Waals surface area contributed by atoms with E-state index < -0.39 is 47.4 Å². The van der Waals surface area contributed by atoms with Crippen molar-refractivity contribution >= 4 is 28.6 Å². The Hall–Kier alpha value is -5.12. The predicted molar refractivity (Wildman–Crippen MR) is 136 cm³/mol. The summed E-state index contributed by atoms with van der Waals surface area (Å²) in [7, 11) is 0. The Balaban J connectivity index is 1.39. The average Bonchev–Trinajstić information content (AvgIpc) is 2.97. The Morgan fingerprint density at radius 1 is 0.692 bits per heavy atom. The van der Waals surface area contributed by atoms with Crippen molar-refractivity contribution in [2.75, 3.05) is 11.9 Å². The second kappa shape index (κ2) is 10.7. The molecule has 0 atom stereocenters. The van der Waals surface area contributed by atoms with Gasteiger partial charge in [-0.25, -0.2) is 32.3 Å². The lowest BCUT2D eigenvalue weighted by Gasteiger charge is -2.12. The van der Waals surface area contributed by atoms with Crippen molar-refractivity contribution < 1.29 is 31.9 Å². The number of carbonyl (C=O) groups excluding carboxylic acids is 2. The Morgan fingerprint density at radius 2 is 1.23 bits per heavy atom. The maximum absolute atomic E-state index is 13.8. The number of fused-ring (bicyclic) bond motifs is 1. The van der Waals surface area contributed by atoms with Crippen molar-refractivity contribution in [2.24, 2.45) is 0 Å². The van der Waals surface area contributed by atoms with Gasteiger partial charge in [-0.1, -0.05) is 60.7 Å². The molecule has 0 radical (unpaired) electrons. The van der Waals surface area contributed by atoms with Crippen molar-refractivity contribution in [3.05, 3.63) is 114 Å². The quantitative estimate of drug-likeness (QED) is 0.158. The van der Waals surface area contributed by atoms with Crippen LogP contribution in [0.5, 0.6) is 0 Å². The summed E-state index contributed by atoms with van der Waals surface area (Å²) in [5.74, 6) is -9.09. The van der Waals surface area contributed by atoms with Crippen LogP contribution in [0, 0.1) is 23.3 Å². The van der Waals surface area contributed by atoms with Gasteiger partial charge in [0, 0.05) is 17.2 Å². The van der Waals surface area contributed by atoms with Gasteiger partial charge in [0.2, 0.25) is 0 Å². The summed E-state index contributed by atoms with van der Waals surface area (Å²) in [6, 6.07) is 23.3. The molecule has 1 aromatic heterocycles. The van der Waals surface area contributed by atoms with Gasteiger partial charge >= 0.3 is 5.97 Å². The van der Waals surface area contributed by atoms with Gasteiger partial charge in [0.15, 0.2) is 29.9 Å². The highest BCUT2D eigenvalue weighted by Gasteiger charge is 2.22. The lowest BCUT2D eigenvalue weighted by Crippen LogP contribution is -2.22. The Labute approximate surface area is 218 Å². The lowest BCUT2D eigenvalue weighted by molar-refractivity contribution is -0.119. The maximum Gasteiger partial charge on any atom is 0.338 e. The zero-order valence-electron chi connectivity index (χ0n) is 19.9. The van der Waals surface area contributed by atoms with E-state index in [0.717, 1.165) is 11.1 Å². The molecule has 0 aliphatic rings. The number of anilines is 1. The van der Waals surface area contributed by atoms with E-state index in [0.29, 0.717) is 22.4 Å². The standard InChI is InChI=1S/C29H17F4N3O3/c30-19-14-20(31)25(33)28(24(19)32)36-23(37)15-39-29(38)18-11-12-21-22(13-18)35-27(17-9-5-2-6-10-17)26(34-21)16-7-3-1-4-8-16/h1-14H,15H2,(H,36,37). The number of hydrogen-bond acceptors (Lipinski definition) is 5. The van der Waals surface area contributed by atoms with Gasteiger partial charge in [0.1, 0.15) is 5.69 Å². The van der Waals surface area contributed by atoms with Crippen molar-refractivity contribution in [3.8, 4) is 22.5 Å². The highest BCUT2D eigenvalue weighted by atomic mass is 19.2. The summed E-state index contributed by atoms with van der Waals surface area (Å²) < 4.78 is 59.2. The molecule has 0 aliphatic heterocycles. The van der Waals surface area contributed by atoms with Crippen LogP contribution in [-0.4, -0.2) is 28.5 Å². The van der Waals surface area contributed by atoms with E-state index in [1.54, 1.807) is 11.4 Å². The summed E-state index contributed by atoms with van der Waals surface area (Å²) in [5.41, 5.74) is 2.49. The molecule has 5 rings (SSSR count). The monoisotopic (exact) mass is 531 g/mol. The summed E-state index contributed by atoms with van der Waals surface area (Å²) >= 11 is 0. The molecular formula is C29H17F4N3O3. The third-order valence-electron chi connectivity index (χ3n) is 5.70. The van der Waals surface area contributed by atoms with E-state index in [1.807, 2.05) is 60.7 Å². The first-order valence-electron chi connectivity index (χ1n) is 11.5. The highest BCUT2D eigenvalue weighted by molar-refractivity contribution is 5.98. The zero-order chi connectivity index (χ0) is 27.5. The summed E-state index contributed by atoms with van der Waals surface area (Å²) in [4.78, 5) is 34.2. The molecule has 0 unspecified atom stereocenters. The van der Waals surface area contributed by atoms with Crippen LogP contribution in [0.3, 0.4) is 0 Å². The third kappa shape index (κ3) is 5.30. The van der Waals surface area contributed by atoms with E-state index in [2.05, 4.69) is 0 Å². The normalized spacial score (nSPS) is 10.9. The van der Waals surface area contributed by atoms with Crippen LogP contribution >= 0.6 is 0 Å². The molecule has 0 bridgehead atoms. The number of ether oxygens (including phenoxy) is 1. The number of esters is 1.